The lowest BCUT2D eigenvalue weighted by Crippen LogP contribution is -2.40. The number of hydrogen-bond acceptors (Lipinski definition) is 5. The molecule has 0 aliphatic heterocycles. The Morgan fingerprint density at radius 2 is 1.85 bits per heavy atom. The largest absolute Gasteiger partial charge is 0.494 e. The molecule has 0 bridgehead atoms. The first kappa shape index (κ1) is 17.5. The van der Waals surface area contributed by atoms with Gasteiger partial charge in [-0.25, -0.2) is 0 Å². The van der Waals surface area contributed by atoms with Gasteiger partial charge in [0, 0.05) is 5.69 Å². The Hall–Kier alpha value is -2.89. The second kappa shape index (κ2) is 7.39. The molecule has 0 unspecified atom stereocenters. The summed E-state index contributed by atoms with van der Waals surface area (Å²) in [5.41, 5.74) is 2.90. The van der Waals surface area contributed by atoms with Crippen molar-refractivity contribution in [3.63, 3.8) is 0 Å². The van der Waals surface area contributed by atoms with Crippen LogP contribution in [-0.2, 0) is 5.54 Å². The van der Waals surface area contributed by atoms with E-state index in [-0.39, 0.29) is 5.54 Å². The highest BCUT2D eigenvalue weighted by molar-refractivity contribution is 5.51. The first-order valence-corrected chi connectivity index (χ1v) is 9.49. The number of ether oxygens (including phenoxy) is 1. The van der Waals surface area contributed by atoms with Crippen molar-refractivity contribution >= 4 is 5.69 Å². The molecule has 0 atom stereocenters. The summed E-state index contributed by atoms with van der Waals surface area (Å²) in [6, 6.07) is 16.3. The first-order valence-electron chi connectivity index (χ1n) is 9.49. The Bertz CT molecular complexity index is 914. The Morgan fingerprint density at radius 1 is 1.04 bits per heavy atom. The molecular formula is C21H25N5O. The number of para-hydroxylation sites is 2. The Kier molecular flexibility index (Phi) is 4.79. The third-order valence-electron chi connectivity index (χ3n) is 5.32. The topological polar surface area (TPSA) is 64.9 Å². The molecule has 0 radical (unpaired) electrons. The maximum Gasteiger partial charge on any atom is 0.182 e. The van der Waals surface area contributed by atoms with Crippen LogP contribution in [0.1, 0.15) is 43.5 Å². The molecule has 4 rings (SSSR count). The molecule has 1 fully saturated rings. The van der Waals surface area contributed by atoms with Crippen LogP contribution < -0.4 is 10.1 Å². The zero-order chi connectivity index (χ0) is 18.7. The predicted molar refractivity (Wildman–Crippen MR) is 105 cm³/mol. The molecule has 1 heterocycles. The highest BCUT2D eigenvalue weighted by Crippen LogP contribution is 2.40. The van der Waals surface area contributed by atoms with Gasteiger partial charge >= 0.3 is 0 Å². The normalized spacial score (nSPS) is 16.1. The molecule has 0 saturated heterocycles. The number of aryl methyl sites for hydroxylation is 1. The van der Waals surface area contributed by atoms with Gasteiger partial charge in [0.15, 0.2) is 5.82 Å². The van der Waals surface area contributed by atoms with Crippen molar-refractivity contribution in [3.05, 3.63) is 59.9 Å². The second-order valence-electron chi connectivity index (χ2n) is 7.22. The standard InChI is InChI=1S/C21H25N5O/c1-16-9-8-10-17(15-16)22-21(13-6-3-7-14-21)20-23-24-25-26(20)18-11-4-5-12-19(18)27-2/h4-5,8-12,15,22H,3,6-7,13-14H2,1-2H3. The molecule has 140 valence electrons. The number of tetrazole rings is 1. The van der Waals surface area contributed by atoms with E-state index in [9.17, 15) is 0 Å². The SMILES string of the molecule is COc1ccccc1-n1nnnc1C1(Nc2cccc(C)c2)CCCCC1. The number of methoxy groups -OCH3 is 1. The van der Waals surface area contributed by atoms with Crippen LogP contribution >= 0.6 is 0 Å². The van der Waals surface area contributed by atoms with Crippen molar-refractivity contribution in [1.29, 1.82) is 0 Å². The Labute approximate surface area is 159 Å². The summed E-state index contributed by atoms with van der Waals surface area (Å²) in [5, 5.41) is 16.6. The molecule has 2 aromatic carbocycles. The van der Waals surface area contributed by atoms with Crippen molar-refractivity contribution in [3.8, 4) is 11.4 Å². The molecular weight excluding hydrogens is 338 g/mol. The molecule has 27 heavy (non-hydrogen) atoms. The highest BCUT2D eigenvalue weighted by atomic mass is 16.5. The van der Waals surface area contributed by atoms with E-state index < -0.39 is 0 Å². The predicted octanol–water partition coefficient (Wildman–Crippen LogP) is 4.25. The van der Waals surface area contributed by atoms with Gasteiger partial charge in [0.2, 0.25) is 0 Å². The molecule has 1 aliphatic rings. The first-order chi connectivity index (χ1) is 13.2. The second-order valence-corrected chi connectivity index (χ2v) is 7.22. The van der Waals surface area contributed by atoms with E-state index in [4.69, 9.17) is 4.74 Å². The van der Waals surface area contributed by atoms with Crippen LogP contribution in [0.15, 0.2) is 48.5 Å². The van der Waals surface area contributed by atoms with Gasteiger partial charge in [0.05, 0.1) is 12.6 Å². The zero-order valence-corrected chi connectivity index (χ0v) is 15.9. The van der Waals surface area contributed by atoms with Crippen LogP contribution in [0.4, 0.5) is 5.69 Å². The quantitative estimate of drug-likeness (QED) is 0.734. The Morgan fingerprint density at radius 3 is 2.63 bits per heavy atom. The van der Waals surface area contributed by atoms with Crippen molar-refractivity contribution in [2.45, 2.75) is 44.6 Å². The number of aromatic nitrogens is 4. The van der Waals surface area contributed by atoms with Gasteiger partial charge in [0.1, 0.15) is 11.4 Å². The van der Waals surface area contributed by atoms with E-state index in [1.165, 1.54) is 12.0 Å². The van der Waals surface area contributed by atoms with Gasteiger partial charge in [-0.05, 0) is 60.0 Å². The molecule has 3 aromatic rings. The number of benzene rings is 2. The van der Waals surface area contributed by atoms with Gasteiger partial charge < -0.3 is 10.1 Å². The van der Waals surface area contributed by atoms with Crippen molar-refractivity contribution < 1.29 is 4.74 Å². The summed E-state index contributed by atoms with van der Waals surface area (Å²) in [5.74, 6) is 1.60. The van der Waals surface area contributed by atoms with Crippen molar-refractivity contribution in [2.24, 2.45) is 0 Å². The minimum Gasteiger partial charge on any atom is -0.494 e. The number of nitrogens with zero attached hydrogens (tertiary/aromatic N) is 4. The molecule has 6 heteroatoms. The third kappa shape index (κ3) is 3.39. The molecule has 1 N–H and O–H groups in total. The highest BCUT2D eigenvalue weighted by Gasteiger charge is 2.39. The summed E-state index contributed by atoms with van der Waals surface area (Å²) >= 11 is 0. The summed E-state index contributed by atoms with van der Waals surface area (Å²) in [7, 11) is 1.67. The van der Waals surface area contributed by atoms with Crippen LogP contribution in [0.2, 0.25) is 0 Å². The minimum absolute atomic E-state index is 0.295. The molecule has 0 amide bonds. The summed E-state index contributed by atoms with van der Waals surface area (Å²) in [6.07, 6.45) is 5.54. The number of rotatable bonds is 5. The van der Waals surface area contributed by atoms with E-state index in [2.05, 4.69) is 52.0 Å². The maximum atomic E-state index is 5.54. The summed E-state index contributed by atoms with van der Waals surface area (Å²) in [4.78, 5) is 0. The fraction of sp³-hybridized carbons (Fsp3) is 0.381. The molecule has 0 spiro atoms. The van der Waals surface area contributed by atoms with Gasteiger partial charge in [-0.3, -0.25) is 0 Å². The van der Waals surface area contributed by atoms with Gasteiger partial charge in [-0.2, -0.15) is 4.68 Å². The monoisotopic (exact) mass is 363 g/mol. The molecule has 6 nitrogen and oxygen atoms in total. The van der Waals surface area contributed by atoms with Crippen LogP contribution in [0, 0.1) is 6.92 Å². The maximum absolute atomic E-state index is 5.54. The Balaban J connectivity index is 1.79. The van der Waals surface area contributed by atoms with E-state index in [0.717, 1.165) is 48.6 Å². The lowest BCUT2D eigenvalue weighted by atomic mass is 9.80. The van der Waals surface area contributed by atoms with E-state index in [1.807, 2.05) is 28.9 Å². The smallest absolute Gasteiger partial charge is 0.182 e. The van der Waals surface area contributed by atoms with Crippen molar-refractivity contribution in [2.75, 3.05) is 12.4 Å². The average Bonchev–Trinajstić information content (AvgIpc) is 3.19. The van der Waals surface area contributed by atoms with Crippen LogP contribution in [0.25, 0.3) is 5.69 Å². The fourth-order valence-corrected chi connectivity index (χ4v) is 4.01. The number of hydrogen-bond donors (Lipinski definition) is 1. The summed E-state index contributed by atoms with van der Waals surface area (Å²) in [6.45, 7) is 2.11. The van der Waals surface area contributed by atoms with E-state index in [1.54, 1.807) is 7.11 Å². The lowest BCUT2D eigenvalue weighted by molar-refractivity contribution is 0.308. The van der Waals surface area contributed by atoms with Crippen molar-refractivity contribution in [1.82, 2.24) is 20.2 Å². The molecule has 1 aliphatic carbocycles. The minimum atomic E-state index is -0.295. The zero-order valence-electron chi connectivity index (χ0n) is 15.9. The van der Waals surface area contributed by atoms with Crippen LogP contribution in [0.5, 0.6) is 5.75 Å². The molecule has 1 aromatic heterocycles. The van der Waals surface area contributed by atoms with Crippen LogP contribution in [-0.4, -0.2) is 27.3 Å². The van der Waals surface area contributed by atoms with E-state index >= 15 is 0 Å². The summed E-state index contributed by atoms with van der Waals surface area (Å²) < 4.78 is 7.37. The average molecular weight is 363 g/mol. The van der Waals surface area contributed by atoms with Gasteiger partial charge in [-0.1, -0.05) is 43.5 Å². The van der Waals surface area contributed by atoms with Gasteiger partial charge in [-0.15, -0.1) is 5.10 Å². The number of nitrogens with one attached hydrogen (secondary N) is 1. The van der Waals surface area contributed by atoms with Gasteiger partial charge in [0.25, 0.3) is 0 Å². The van der Waals surface area contributed by atoms with E-state index in [0.29, 0.717) is 0 Å². The number of anilines is 1. The fourth-order valence-electron chi connectivity index (χ4n) is 4.01. The third-order valence-corrected chi connectivity index (χ3v) is 5.32. The van der Waals surface area contributed by atoms with Crippen LogP contribution in [0.3, 0.4) is 0 Å². The lowest BCUT2D eigenvalue weighted by Gasteiger charge is -2.37. The molecule has 1 saturated carbocycles.